The van der Waals surface area contributed by atoms with E-state index in [1.807, 2.05) is 23.0 Å². The van der Waals surface area contributed by atoms with Gasteiger partial charge in [0, 0.05) is 25.5 Å². The van der Waals surface area contributed by atoms with Gasteiger partial charge in [-0.1, -0.05) is 19.8 Å². The number of imidazole rings is 1. The number of hydrogen-bond donors (Lipinski definition) is 2. The van der Waals surface area contributed by atoms with Crippen molar-refractivity contribution in [3.63, 3.8) is 0 Å². The summed E-state index contributed by atoms with van der Waals surface area (Å²) in [5.74, 6) is 3.44. The molecule has 0 amide bonds. The van der Waals surface area contributed by atoms with E-state index >= 15 is 0 Å². The lowest BCUT2D eigenvalue weighted by Crippen LogP contribution is -2.21. The molecule has 0 spiro atoms. The average molecular weight is 287 g/mol. The molecule has 3 rings (SSSR count). The van der Waals surface area contributed by atoms with Crippen LogP contribution >= 0.6 is 0 Å². The standard InChI is InChI=1S/C16H25N5/c1-3-17-14-11-21-9-8-18-16(21)15(20-14)19-10-13-6-4-12(2)5-7-13/h8-9,11-13,17H,3-7,10H2,1-2H3,(H,19,20). The number of hydrogen-bond acceptors (Lipinski definition) is 4. The van der Waals surface area contributed by atoms with Gasteiger partial charge in [-0.3, -0.25) is 0 Å². The summed E-state index contributed by atoms with van der Waals surface area (Å²) < 4.78 is 2.02. The van der Waals surface area contributed by atoms with Gasteiger partial charge in [0.25, 0.3) is 0 Å². The molecule has 114 valence electrons. The van der Waals surface area contributed by atoms with Crippen molar-refractivity contribution in [2.75, 3.05) is 23.7 Å². The fraction of sp³-hybridized carbons (Fsp3) is 0.625. The molecular weight excluding hydrogens is 262 g/mol. The SMILES string of the molecule is CCNc1cn2ccnc2c(NCC2CCC(C)CC2)n1. The molecule has 1 aliphatic rings. The van der Waals surface area contributed by atoms with Gasteiger partial charge in [-0.05, 0) is 31.6 Å². The normalized spacial score (nSPS) is 22.4. The number of nitrogens with zero attached hydrogens (tertiary/aromatic N) is 3. The largest absolute Gasteiger partial charge is 0.369 e. The van der Waals surface area contributed by atoms with E-state index in [1.54, 1.807) is 0 Å². The first-order valence-corrected chi connectivity index (χ1v) is 8.07. The van der Waals surface area contributed by atoms with Crippen molar-refractivity contribution in [3.8, 4) is 0 Å². The van der Waals surface area contributed by atoms with Crippen molar-refractivity contribution < 1.29 is 0 Å². The molecule has 2 N–H and O–H groups in total. The van der Waals surface area contributed by atoms with Crippen molar-refractivity contribution in [3.05, 3.63) is 18.6 Å². The van der Waals surface area contributed by atoms with Crippen molar-refractivity contribution in [1.29, 1.82) is 0 Å². The Morgan fingerprint density at radius 3 is 2.81 bits per heavy atom. The maximum atomic E-state index is 4.66. The van der Waals surface area contributed by atoms with Gasteiger partial charge in [0.1, 0.15) is 5.82 Å². The Kier molecular flexibility index (Phi) is 4.27. The summed E-state index contributed by atoms with van der Waals surface area (Å²) in [4.78, 5) is 9.06. The van der Waals surface area contributed by atoms with Gasteiger partial charge < -0.3 is 15.0 Å². The van der Waals surface area contributed by atoms with E-state index in [9.17, 15) is 0 Å². The second-order valence-corrected chi connectivity index (χ2v) is 6.17. The fourth-order valence-corrected chi connectivity index (χ4v) is 3.09. The van der Waals surface area contributed by atoms with Crippen LogP contribution in [0, 0.1) is 11.8 Å². The number of nitrogens with one attached hydrogen (secondary N) is 2. The predicted molar refractivity (Wildman–Crippen MR) is 86.8 cm³/mol. The zero-order valence-corrected chi connectivity index (χ0v) is 13.0. The van der Waals surface area contributed by atoms with Crippen molar-refractivity contribution >= 4 is 17.3 Å². The van der Waals surface area contributed by atoms with Gasteiger partial charge in [0.15, 0.2) is 11.5 Å². The first-order chi connectivity index (χ1) is 10.3. The topological polar surface area (TPSA) is 54.2 Å². The molecule has 0 bridgehead atoms. The van der Waals surface area contributed by atoms with Crippen LogP contribution in [0.15, 0.2) is 18.6 Å². The number of fused-ring (bicyclic) bond motifs is 1. The smallest absolute Gasteiger partial charge is 0.180 e. The van der Waals surface area contributed by atoms with Gasteiger partial charge in [0.2, 0.25) is 0 Å². The highest BCUT2D eigenvalue weighted by Crippen LogP contribution is 2.28. The Hall–Kier alpha value is -1.78. The summed E-state index contributed by atoms with van der Waals surface area (Å²) >= 11 is 0. The minimum atomic E-state index is 0.765. The molecule has 2 heterocycles. The van der Waals surface area contributed by atoms with Crippen molar-refractivity contribution in [1.82, 2.24) is 14.4 Å². The average Bonchev–Trinajstić information content (AvgIpc) is 2.95. The van der Waals surface area contributed by atoms with Crippen LogP contribution in [0.1, 0.15) is 39.5 Å². The lowest BCUT2D eigenvalue weighted by Gasteiger charge is -2.26. The minimum absolute atomic E-state index is 0.765. The second-order valence-electron chi connectivity index (χ2n) is 6.17. The highest BCUT2D eigenvalue weighted by atomic mass is 15.1. The molecular formula is C16H25N5. The van der Waals surface area contributed by atoms with Gasteiger partial charge in [-0.15, -0.1) is 0 Å². The molecule has 0 aliphatic heterocycles. The number of anilines is 2. The summed E-state index contributed by atoms with van der Waals surface area (Å²) in [7, 11) is 0. The van der Waals surface area contributed by atoms with E-state index < -0.39 is 0 Å². The van der Waals surface area contributed by atoms with Crippen LogP contribution in [0.4, 0.5) is 11.6 Å². The summed E-state index contributed by atoms with van der Waals surface area (Å²) in [5.41, 5.74) is 0.904. The zero-order chi connectivity index (χ0) is 14.7. The van der Waals surface area contributed by atoms with Crippen LogP contribution in [-0.4, -0.2) is 27.5 Å². The number of aromatic nitrogens is 3. The Labute approximate surface area is 126 Å². The maximum absolute atomic E-state index is 4.66. The van der Waals surface area contributed by atoms with E-state index in [-0.39, 0.29) is 0 Å². The molecule has 0 unspecified atom stereocenters. The zero-order valence-electron chi connectivity index (χ0n) is 13.0. The summed E-state index contributed by atoms with van der Waals surface area (Å²) in [6.45, 7) is 6.31. The van der Waals surface area contributed by atoms with E-state index in [2.05, 4.69) is 34.4 Å². The predicted octanol–water partition coefficient (Wildman–Crippen LogP) is 3.40. The van der Waals surface area contributed by atoms with Gasteiger partial charge >= 0.3 is 0 Å². The van der Waals surface area contributed by atoms with Gasteiger partial charge in [-0.25, -0.2) is 9.97 Å². The van der Waals surface area contributed by atoms with Crippen LogP contribution < -0.4 is 10.6 Å². The Morgan fingerprint density at radius 2 is 2.05 bits per heavy atom. The molecule has 2 aromatic heterocycles. The fourth-order valence-electron chi connectivity index (χ4n) is 3.09. The molecule has 0 atom stereocenters. The number of rotatable bonds is 5. The first kappa shape index (κ1) is 14.2. The Morgan fingerprint density at radius 1 is 1.24 bits per heavy atom. The molecule has 0 radical (unpaired) electrons. The molecule has 5 nitrogen and oxygen atoms in total. The van der Waals surface area contributed by atoms with Crippen LogP contribution in [-0.2, 0) is 0 Å². The van der Waals surface area contributed by atoms with Crippen LogP contribution in [0.3, 0.4) is 0 Å². The second kappa shape index (κ2) is 6.33. The first-order valence-electron chi connectivity index (χ1n) is 8.07. The lowest BCUT2D eigenvalue weighted by atomic mass is 9.83. The highest BCUT2D eigenvalue weighted by Gasteiger charge is 2.18. The third-order valence-corrected chi connectivity index (χ3v) is 4.43. The van der Waals surface area contributed by atoms with Crippen LogP contribution in [0.5, 0.6) is 0 Å². The monoisotopic (exact) mass is 287 g/mol. The molecule has 1 saturated carbocycles. The van der Waals surface area contributed by atoms with E-state index in [0.717, 1.165) is 42.2 Å². The van der Waals surface area contributed by atoms with Crippen LogP contribution in [0.2, 0.25) is 0 Å². The summed E-state index contributed by atoms with van der Waals surface area (Å²) in [6, 6.07) is 0. The van der Waals surface area contributed by atoms with Crippen molar-refractivity contribution in [2.24, 2.45) is 11.8 Å². The third-order valence-electron chi connectivity index (χ3n) is 4.43. The molecule has 1 aliphatic carbocycles. The molecule has 21 heavy (non-hydrogen) atoms. The Balaban J connectivity index is 1.71. The van der Waals surface area contributed by atoms with Gasteiger partial charge in [0.05, 0.1) is 6.20 Å². The van der Waals surface area contributed by atoms with Gasteiger partial charge in [-0.2, -0.15) is 0 Å². The lowest BCUT2D eigenvalue weighted by molar-refractivity contribution is 0.300. The van der Waals surface area contributed by atoms with Crippen molar-refractivity contribution in [2.45, 2.75) is 39.5 Å². The molecule has 1 fully saturated rings. The van der Waals surface area contributed by atoms with E-state index in [1.165, 1.54) is 25.7 Å². The summed E-state index contributed by atoms with van der Waals surface area (Å²) in [5, 5.41) is 6.80. The Bertz CT molecular complexity index is 583. The molecule has 2 aromatic rings. The third kappa shape index (κ3) is 3.28. The molecule has 0 aromatic carbocycles. The maximum Gasteiger partial charge on any atom is 0.180 e. The van der Waals surface area contributed by atoms with E-state index in [0.29, 0.717) is 0 Å². The highest BCUT2D eigenvalue weighted by molar-refractivity contribution is 5.65. The van der Waals surface area contributed by atoms with Crippen LogP contribution in [0.25, 0.3) is 5.65 Å². The quantitative estimate of drug-likeness (QED) is 0.885. The van der Waals surface area contributed by atoms with E-state index in [4.69, 9.17) is 0 Å². The minimum Gasteiger partial charge on any atom is -0.369 e. The summed E-state index contributed by atoms with van der Waals surface area (Å²) in [6.07, 6.45) is 11.1. The molecule has 0 saturated heterocycles. The molecule has 5 heteroatoms.